The Morgan fingerprint density at radius 2 is 2.00 bits per heavy atom. The third-order valence-corrected chi connectivity index (χ3v) is 7.02. The van der Waals surface area contributed by atoms with E-state index < -0.39 is 17.7 Å². The van der Waals surface area contributed by atoms with E-state index >= 15 is 0 Å². The Kier molecular flexibility index (Phi) is 5.88. The maximum Gasteiger partial charge on any atom is 0.254 e. The molecule has 7 nitrogen and oxygen atoms in total. The second kappa shape index (κ2) is 8.23. The second-order valence-corrected chi connectivity index (χ2v) is 9.23. The minimum absolute atomic E-state index is 0.0943. The first-order chi connectivity index (χ1) is 15.1. The van der Waals surface area contributed by atoms with Crippen LogP contribution in [0.25, 0.3) is 0 Å². The zero-order chi connectivity index (χ0) is 23.4. The smallest absolute Gasteiger partial charge is 0.254 e. The zero-order valence-corrected chi connectivity index (χ0v) is 19.8. The fourth-order valence-corrected chi connectivity index (χ4v) is 5.30. The summed E-state index contributed by atoms with van der Waals surface area (Å²) in [4.78, 5) is 30.3. The Morgan fingerprint density at radius 3 is 2.66 bits per heavy atom. The van der Waals surface area contributed by atoms with Crippen LogP contribution in [0.4, 0.5) is 5.69 Å². The van der Waals surface area contributed by atoms with Crippen molar-refractivity contribution in [3.05, 3.63) is 57.1 Å². The normalized spacial score (nSPS) is 24.9. The average Bonchev–Trinajstić information content (AvgIpc) is 3.28. The fourth-order valence-electron chi connectivity index (χ4n) is 4.84. The number of benzene rings is 2. The first-order valence-corrected chi connectivity index (χ1v) is 11.0. The fraction of sp³-hybridized carbons (Fsp3) is 0.391. The number of aliphatic hydroxyl groups is 1. The summed E-state index contributed by atoms with van der Waals surface area (Å²) < 4.78 is 5.66. The predicted octanol–water partition coefficient (Wildman–Crippen LogP) is 3.03. The van der Waals surface area contributed by atoms with Crippen molar-refractivity contribution in [1.82, 2.24) is 9.80 Å². The number of likely N-dealkylation sites (N-methyl/N-ethyl adjacent to an activating group) is 1. The van der Waals surface area contributed by atoms with E-state index in [4.69, 9.17) is 27.9 Å². The molecular formula is C23H25Cl2N3O4. The molecule has 0 bridgehead atoms. The molecule has 2 amide bonds. The van der Waals surface area contributed by atoms with Gasteiger partial charge in [0.2, 0.25) is 5.91 Å². The molecule has 32 heavy (non-hydrogen) atoms. The van der Waals surface area contributed by atoms with Crippen LogP contribution in [0.2, 0.25) is 10.0 Å². The number of ether oxygens (including phenoxy) is 1. The number of fused-ring (bicyclic) bond motifs is 1. The average molecular weight is 478 g/mol. The van der Waals surface area contributed by atoms with E-state index in [0.717, 1.165) is 5.56 Å². The Bertz CT molecular complexity index is 1110. The van der Waals surface area contributed by atoms with Crippen LogP contribution in [-0.4, -0.2) is 66.6 Å². The van der Waals surface area contributed by atoms with E-state index in [0.29, 0.717) is 22.6 Å². The SMILES string of the molecule is COc1ccc(C)cc1C1(N2C[C@H](O)C[C@H]2C(=O)N(C)C)C(=O)Nc2ccc(Cl)c(Cl)c21. The number of amides is 2. The van der Waals surface area contributed by atoms with Gasteiger partial charge in [-0.2, -0.15) is 0 Å². The molecule has 170 valence electrons. The summed E-state index contributed by atoms with van der Waals surface area (Å²) in [5.74, 6) is -0.134. The number of β-amino-alcohol motifs (C(OH)–C–C–N with tert-alkyl or cyclic N) is 1. The third-order valence-electron chi connectivity index (χ3n) is 6.21. The number of hydrogen-bond acceptors (Lipinski definition) is 5. The van der Waals surface area contributed by atoms with Crippen molar-refractivity contribution in [3.63, 3.8) is 0 Å². The number of anilines is 1. The topological polar surface area (TPSA) is 82.1 Å². The first kappa shape index (κ1) is 22.9. The van der Waals surface area contributed by atoms with Crippen molar-refractivity contribution in [3.8, 4) is 5.75 Å². The van der Waals surface area contributed by atoms with E-state index in [1.54, 1.807) is 37.2 Å². The Labute approximate surface area is 196 Å². The van der Waals surface area contributed by atoms with E-state index in [-0.39, 0.29) is 34.8 Å². The van der Waals surface area contributed by atoms with Gasteiger partial charge in [0.15, 0.2) is 5.54 Å². The number of carbonyl (C=O) groups is 2. The molecule has 1 fully saturated rings. The van der Waals surface area contributed by atoms with Gasteiger partial charge in [-0.1, -0.05) is 34.8 Å². The summed E-state index contributed by atoms with van der Waals surface area (Å²) in [6, 6.07) is 8.08. The van der Waals surface area contributed by atoms with Crippen molar-refractivity contribution in [1.29, 1.82) is 0 Å². The molecule has 2 aromatic carbocycles. The van der Waals surface area contributed by atoms with Gasteiger partial charge in [0.05, 0.1) is 29.3 Å². The molecule has 2 N–H and O–H groups in total. The summed E-state index contributed by atoms with van der Waals surface area (Å²) in [5, 5.41) is 14.0. The third kappa shape index (κ3) is 3.27. The van der Waals surface area contributed by atoms with Gasteiger partial charge in [0.1, 0.15) is 5.75 Å². The van der Waals surface area contributed by atoms with Gasteiger partial charge in [-0.3, -0.25) is 14.5 Å². The van der Waals surface area contributed by atoms with E-state index in [9.17, 15) is 14.7 Å². The highest BCUT2D eigenvalue weighted by molar-refractivity contribution is 6.43. The molecule has 2 aliphatic rings. The van der Waals surface area contributed by atoms with Crippen molar-refractivity contribution in [2.45, 2.75) is 31.0 Å². The molecule has 0 spiro atoms. The Balaban J connectivity index is 2.10. The maximum absolute atomic E-state index is 13.9. The lowest BCUT2D eigenvalue weighted by Gasteiger charge is -2.42. The Morgan fingerprint density at radius 1 is 1.28 bits per heavy atom. The number of nitrogens with zero attached hydrogens (tertiary/aromatic N) is 2. The van der Waals surface area contributed by atoms with Crippen LogP contribution in [0.5, 0.6) is 5.75 Å². The largest absolute Gasteiger partial charge is 0.496 e. The first-order valence-electron chi connectivity index (χ1n) is 10.2. The number of carbonyl (C=O) groups excluding carboxylic acids is 2. The molecule has 0 aromatic heterocycles. The molecule has 0 saturated carbocycles. The number of likely N-dealkylation sites (tertiary alicyclic amines) is 1. The molecule has 0 radical (unpaired) electrons. The molecule has 2 aromatic rings. The van der Waals surface area contributed by atoms with E-state index in [2.05, 4.69) is 5.32 Å². The summed E-state index contributed by atoms with van der Waals surface area (Å²) >= 11 is 13.1. The van der Waals surface area contributed by atoms with Gasteiger partial charge in [-0.15, -0.1) is 0 Å². The van der Waals surface area contributed by atoms with Gasteiger partial charge >= 0.3 is 0 Å². The lowest BCUT2D eigenvalue weighted by atomic mass is 9.80. The lowest BCUT2D eigenvalue weighted by molar-refractivity contribution is -0.138. The monoisotopic (exact) mass is 477 g/mol. The van der Waals surface area contributed by atoms with Crippen LogP contribution in [0.15, 0.2) is 30.3 Å². The van der Waals surface area contributed by atoms with Crippen LogP contribution < -0.4 is 10.1 Å². The number of nitrogens with one attached hydrogen (secondary N) is 1. The molecular weight excluding hydrogens is 453 g/mol. The quantitative estimate of drug-likeness (QED) is 0.706. The number of methoxy groups -OCH3 is 1. The maximum atomic E-state index is 13.9. The van der Waals surface area contributed by atoms with Gasteiger partial charge in [-0.05, 0) is 37.6 Å². The molecule has 3 atom stereocenters. The van der Waals surface area contributed by atoms with Gasteiger partial charge < -0.3 is 20.1 Å². The van der Waals surface area contributed by atoms with E-state index in [1.807, 2.05) is 19.1 Å². The van der Waals surface area contributed by atoms with Crippen molar-refractivity contribution >= 4 is 40.7 Å². The molecule has 1 saturated heterocycles. The van der Waals surface area contributed by atoms with Crippen molar-refractivity contribution < 1.29 is 19.4 Å². The summed E-state index contributed by atoms with van der Waals surface area (Å²) in [7, 11) is 4.83. The highest BCUT2D eigenvalue weighted by atomic mass is 35.5. The molecule has 2 aliphatic heterocycles. The number of aryl methyl sites for hydroxylation is 1. The zero-order valence-electron chi connectivity index (χ0n) is 18.3. The van der Waals surface area contributed by atoms with Gasteiger partial charge in [0.25, 0.3) is 5.91 Å². The summed E-state index contributed by atoms with van der Waals surface area (Å²) in [6.45, 7) is 2.00. The van der Waals surface area contributed by atoms with Crippen molar-refractivity contribution in [2.75, 3.05) is 33.1 Å². The summed E-state index contributed by atoms with van der Waals surface area (Å²) in [5.41, 5.74) is 0.861. The minimum atomic E-state index is -1.53. The van der Waals surface area contributed by atoms with Crippen molar-refractivity contribution in [2.24, 2.45) is 0 Å². The highest BCUT2D eigenvalue weighted by Gasteiger charge is 2.60. The number of hydrogen-bond donors (Lipinski definition) is 2. The summed E-state index contributed by atoms with van der Waals surface area (Å²) in [6.07, 6.45) is -0.611. The number of halogens is 2. The van der Waals surface area contributed by atoms with Gasteiger partial charge in [-0.25, -0.2) is 0 Å². The second-order valence-electron chi connectivity index (χ2n) is 8.44. The number of aliphatic hydroxyl groups excluding tert-OH is 1. The van der Waals surface area contributed by atoms with Crippen LogP contribution in [0.1, 0.15) is 23.1 Å². The minimum Gasteiger partial charge on any atom is -0.496 e. The van der Waals surface area contributed by atoms with E-state index in [1.165, 1.54) is 12.0 Å². The highest BCUT2D eigenvalue weighted by Crippen LogP contribution is 2.54. The van der Waals surface area contributed by atoms with Crippen LogP contribution in [-0.2, 0) is 15.1 Å². The molecule has 0 aliphatic carbocycles. The van der Waals surface area contributed by atoms with Crippen LogP contribution in [0, 0.1) is 6.92 Å². The lowest BCUT2D eigenvalue weighted by Crippen LogP contribution is -2.57. The van der Waals surface area contributed by atoms with Gasteiger partial charge in [0, 0.05) is 37.5 Å². The molecule has 4 rings (SSSR count). The predicted molar refractivity (Wildman–Crippen MR) is 123 cm³/mol. The van der Waals surface area contributed by atoms with Crippen LogP contribution >= 0.6 is 23.2 Å². The Hall–Kier alpha value is -2.32. The molecule has 2 heterocycles. The van der Waals surface area contributed by atoms with Crippen LogP contribution in [0.3, 0.4) is 0 Å². The molecule has 9 heteroatoms. The molecule has 1 unspecified atom stereocenters. The standard InChI is InChI=1S/C23H25Cl2N3O4/c1-12-5-8-18(32-4)14(9-12)23(28-11-13(29)10-17(28)21(30)27(2)3)19-16(26-22(23)31)7-6-15(24)20(19)25/h5-9,13,17,29H,10-11H2,1-4H3,(H,26,31)/t13-,17+,23?/m1/s1. The number of rotatable bonds is 4.